The number of methoxy groups -OCH3 is 2. The number of hydrogen-bond donors (Lipinski definition) is 1. The van der Waals surface area contributed by atoms with E-state index in [0.717, 1.165) is 19.3 Å². The van der Waals surface area contributed by atoms with Gasteiger partial charge in [0.25, 0.3) is 0 Å². The average molecular weight is 316 g/mol. The summed E-state index contributed by atoms with van der Waals surface area (Å²) in [6.07, 6.45) is 3.29. The van der Waals surface area contributed by atoms with E-state index in [9.17, 15) is 9.59 Å². The second-order valence-electron chi connectivity index (χ2n) is 5.44. The van der Waals surface area contributed by atoms with E-state index in [0.29, 0.717) is 39.3 Å². The van der Waals surface area contributed by atoms with Crippen LogP contribution in [-0.4, -0.2) is 86.4 Å². The largest absolute Gasteiger partial charge is 0.396 e. The number of amides is 2. The number of carbonyl (C=O) groups excluding carboxylic acids is 2. The van der Waals surface area contributed by atoms with E-state index in [-0.39, 0.29) is 12.6 Å². The summed E-state index contributed by atoms with van der Waals surface area (Å²) in [4.78, 5) is 28.1. The third-order valence-corrected chi connectivity index (χ3v) is 3.95. The Morgan fingerprint density at radius 3 is 2.36 bits per heavy atom. The monoisotopic (exact) mass is 316 g/mol. The molecular weight excluding hydrogens is 288 g/mol. The number of aliphatic hydroxyl groups excluding tert-OH is 1. The van der Waals surface area contributed by atoms with Crippen molar-refractivity contribution in [3.8, 4) is 0 Å². The molecule has 1 atom stereocenters. The van der Waals surface area contributed by atoms with E-state index < -0.39 is 11.8 Å². The van der Waals surface area contributed by atoms with Crippen molar-refractivity contribution >= 4 is 11.8 Å². The molecule has 1 unspecified atom stereocenters. The first kappa shape index (κ1) is 18.9. The topological polar surface area (TPSA) is 79.3 Å². The summed E-state index contributed by atoms with van der Waals surface area (Å²) >= 11 is 0. The molecule has 1 rings (SSSR count). The van der Waals surface area contributed by atoms with Gasteiger partial charge in [0.05, 0.1) is 13.2 Å². The van der Waals surface area contributed by atoms with Gasteiger partial charge in [0, 0.05) is 46.5 Å². The zero-order chi connectivity index (χ0) is 16.4. The molecule has 2 amide bonds. The highest BCUT2D eigenvalue weighted by Gasteiger charge is 2.32. The van der Waals surface area contributed by atoms with Crippen LogP contribution in [0.3, 0.4) is 0 Å². The molecule has 22 heavy (non-hydrogen) atoms. The van der Waals surface area contributed by atoms with Crippen LogP contribution in [0.5, 0.6) is 0 Å². The Morgan fingerprint density at radius 2 is 1.82 bits per heavy atom. The molecule has 7 heteroatoms. The molecule has 0 radical (unpaired) electrons. The van der Waals surface area contributed by atoms with Crippen LogP contribution in [0, 0.1) is 0 Å². The SMILES string of the molecule is COCCN(CCOC)C(=O)C(=O)N1CCCCC1CCO. The maximum absolute atomic E-state index is 12.5. The van der Waals surface area contributed by atoms with Gasteiger partial charge < -0.3 is 24.4 Å². The van der Waals surface area contributed by atoms with E-state index in [1.54, 1.807) is 19.1 Å². The number of piperidine rings is 1. The van der Waals surface area contributed by atoms with Gasteiger partial charge in [-0.15, -0.1) is 0 Å². The molecule has 0 aromatic heterocycles. The van der Waals surface area contributed by atoms with Crippen molar-refractivity contribution in [3.05, 3.63) is 0 Å². The van der Waals surface area contributed by atoms with Gasteiger partial charge in [0.1, 0.15) is 0 Å². The molecule has 0 aliphatic carbocycles. The van der Waals surface area contributed by atoms with E-state index in [2.05, 4.69) is 0 Å². The van der Waals surface area contributed by atoms with Crippen LogP contribution >= 0.6 is 0 Å². The summed E-state index contributed by atoms with van der Waals surface area (Å²) in [6, 6.07) is -0.0399. The maximum Gasteiger partial charge on any atom is 0.312 e. The van der Waals surface area contributed by atoms with Gasteiger partial charge in [0.15, 0.2) is 0 Å². The molecule has 1 aliphatic rings. The lowest BCUT2D eigenvalue weighted by Gasteiger charge is -2.36. The van der Waals surface area contributed by atoms with Crippen LogP contribution in [0.2, 0.25) is 0 Å². The molecule has 0 aromatic rings. The minimum Gasteiger partial charge on any atom is -0.396 e. The Hall–Kier alpha value is -1.18. The normalized spacial score (nSPS) is 18.3. The Morgan fingerprint density at radius 1 is 1.18 bits per heavy atom. The fraction of sp³-hybridized carbons (Fsp3) is 0.867. The molecule has 1 aliphatic heterocycles. The second-order valence-corrected chi connectivity index (χ2v) is 5.44. The lowest BCUT2D eigenvalue weighted by molar-refractivity contribution is -0.155. The summed E-state index contributed by atoms with van der Waals surface area (Å²) in [6.45, 7) is 2.09. The number of hydrogen-bond acceptors (Lipinski definition) is 5. The van der Waals surface area contributed by atoms with Crippen molar-refractivity contribution in [2.75, 3.05) is 53.7 Å². The lowest BCUT2D eigenvalue weighted by Crippen LogP contribution is -2.52. The Kier molecular flexibility index (Phi) is 9.03. The molecule has 0 saturated carbocycles. The van der Waals surface area contributed by atoms with Gasteiger partial charge in [0.2, 0.25) is 0 Å². The average Bonchev–Trinajstić information content (AvgIpc) is 2.54. The first-order valence-corrected chi connectivity index (χ1v) is 7.84. The van der Waals surface area contributed by atoms with Crippen molar-refractivity contribution < 1.29 is 24.2 Å². The lowest BCUT2D eigenvalue weighted by atomic mass is 9.99. The third kappa shape index (κ3) is 5.55. The summed E-state index contributed by atoms with van der Waals surface area (Å²) in [5, 5.41) is 9.13. The predicted molar refractivity (Wildman–Crippen MR) is 81.4 cm³/mol. The Labute approximate surface area is 132 Å². The zero-order valence-corrected chi connectivity index (χ0v) is 13.6. The molecule has 0 bridgehead atoms. The van der Waals surface area contributed by atoms with Gasteiger partial charge in [-0.05, 0) is 25.7 Å². The maximum atomic E-state index is 12.5. The summed E-state index contributed by atoms with van der Waals surface area (Å²) < 4.78 is 9.99. The Bertz CT molecular complexity index is 341. The minimum absolute atomic E-state index is 0.0275. The van der Waals surface area contributed by atoms with Crippen LogP contribution in [-0.2, 0) is 19.1 Å². The van der Waals surface area contributed by atoms with Crippen LogP contribution in [0.1, 0.15) is 25.7 Å². The van der Waals surface area contributed by atoms with Crippen LogP contribution < -0.4 is 0 Å². The number of rotatable bonds is 8. The van der Waals surface area contributed by atoms with Gasteiger partial charge in [-0.3, -0.25) is 9.59 Å². The Balaban J connectivity index is 2.70. The van der Waals surface area contributed by atoms with E-state index >= 15 is 0 Å². The molecule has 1 fully saturated rings. The van der Waals surface area contributed by atoms with Crippen LogP contribution in [0.4, 0.5) is 0 Å². The number of nitrogens with zero attached hydrogens (tertiary/aromatic N) is 2. The molecule has 7 nitrogen and oxygen atoms in total. The summed E-state index contributed by atoms with van der Waals surface area (Å²) in [5.41, 5.74) is 0. The van der Waals surface area contributed by atoms with E-state index in [4.69, 9.17) is 14.6 Å². The number of carbonyl (C=O) groups is 2. The smallest absolute Gasteiger partial charge is 0.312 e. The van der Waals surface area contributed by atoms with Crippen molar-refractivity contribution in [1.29, 1.82) is 0 Å². The molecular formula is C15H28N2O5. The fourth-order valence-corrected chi connectivity index (χ4v) is 2.69. The fourth-order valence-electron chi connectivity index (χ4n) is 2.69. The zero-order valence-electron chi connectivity index (χ0n) is 13.6. The predicted octanol–water partition coefficient (Wildman–Crippen LogP) is -0.129. The van der Waals surface area contributed by atoms with Gasteiger partial charge >= 0.3 is 11.8 Å². The number of likely N-dealkylation sites (tertiary alicyclic amines) is 1. The quantitative estimate of drug-likeness (QED) is 0.631. The number of ether oxygens (including phenoxy) is 2. The molecule has 0 aromatic carbocycles. The van der Waals surface area contributed by atoms with Crippen molar-refractivity contribution in [1.82, 2.24) is 9.80 Å². The first-order chi connectivity index (χ1) is 10.7. The minimum atomic E-state index is -0.515. The van der Waals surface area contributed by atoms with Crippen molar-refractivity contribution in [3.63, 3.8) is 0 Å². The van der Waals surface area contributed by atoms with Crippen LogP contribution in [0.25, 0.3) is 0 Å². The molecule has 1 heterocycles. The summed E-state index contributed by atoms with van der Waals surface area (Å²) in [5.74, 6) is -0.996. The highest BCUT2D eigenvalue weighted by molar-refractivity contribution is 6.35. The standard InChI is InChI=1S/C15H28N2O5/c1-21-11-8-16(9-12-22-2)14(19)15(20)17-7-4-3-5-13(17)6-10-18/h13,18H,3-12H2,1-2H3. The molecule has 0 spiro atoms. The van der Waals surface area contributed by atoms with Crippen LogP contribution in [0.15, 0.2) is 0 Å². The first-order valence-electron chi connectivity index (χ1n) is 7.84. The highest BCUT2D eigenvalue weighted by Crippen LogP contribution is 2.20. The molecule has 1 N–H and O–H groups in total. The van der Waals surface area contributed by atoms with Gasteiger partial charge in [-0.25, -0.2) is 0 Å². The summed E-state index contributed by atoms with van der Waals surface area (Å²) in [7, 11) is 3.12. The number of aliphatic hydroxyl groups is 1. The van der Waals surface area contributed by atoms with Gasteiger partial charge in [-0.1, -0.05) is 0 Å². The van der Waals surface area contributed by atoms with Gasteiger partial charge in [-0.2, -0.15) is 0 Å². The van der Waals surface area contributed by atoms with Crippen molar-refractivity contribution in [2.24, 2.45) is 0 Å². The highest BCUT2D eigenvalue weighted by atomic mass is 16.5. The molecule has 1 saturated heterocycles. The van der Waals surface area contributed by atoms with E-state index in [1.807, 2.05) is 0 Å². The second kappa shape index (κ2) is 10.5. The molecule has 128 valence electrons. The third-order valence-electron chi connectivity index (χ3n) is 3.95. The van der Waals surface area contributed by atoms with E-state index in [1.165, 1.54) is 4.90 Å². The van der Waals surface area contributed by atoms with Crippen molar-refractivity contribution in [2.45, 2.75) is 31.7 Å².